The Balaban J connectivity index is 4.63. The normalized spacial score (nSPS) is 11.8. The summed E-state index contributed by atoms with van der Waals surface area (Å²) in [5, 5.41) is 28.9. The van der Waals surface area contributed by atoms with Crippen LogP contribution in [0.3, 0.4) is 0 Å². The smallest absolute Gasteiger partial charge is 0.303 e. The molecular weight excluding hydrogens is 470 g/mol. The van der Waals surface area contributed by atoms with Gasteiger partial charge in [-0.1, -0.05) is 51.2 Å². The molecule has 0 saturated heterocycles. The van der Waals surface area contributed by atoms with E-state index in [0.29, 0.717) is 19.3 Å². The van der Waals surface area contributed by atoms with Gasteiger partial charge in [0.15, 0.2) is 0 Å². The van der Waals surface area contributed by atoms with Crippen molar-refractivity contribution in [3.05, 3.63) is 12.2 Å². The maximum Gasteiger partial charge on any atom is 0.303 e. The van der Waals surface area contributed by atoms with E-state index in [1.54, 1.807) is 0 Å². The highest BCUT2D eigenvalue weighted by Gasteiger charge is 2.26. The van der Waals surface area contributed by atoms with E-state index < -0.39 is 17.9 Å². The van der Waals surface area contributed by atoms with E-state index in [1.165, 1.54) is 51.4 Å². The monoisotopic (exact) mass is 525 g/mol. The standard InChI is InChI=1S/C30H55NO6/c1-2-3-4-5-6-7-8-9-10-11-12-13-17-24-31(25-18-14-21-28(32)33,26-19-15-22-29(34)35)27-20-16-23-30(36)37/h7-8H,2-6,9-27H2,1H3,(H2-,32,33,34,35,36,37)/b8-7+. The predicted octanol–water partition coefficient (Wildman–Crippen LogP) is 6.10. The molecule has 7 nitrogen and oxygen atoms in total. The van der Waals surface area contributed by atoms with Gasteiger partial charge in [-0.3, -0.25) is 9.59 Å². The van der Waals surface area contributed by atoms with Gasteiger partial charge in [0, 0.05) is 18.8 Å². The molecule has 0 aliphatic rings. The number of quaternary nitrogens is 1. The number of unbranched alkanes of at least 4 members (excludes halogenated alkanes) is 12. The van der Waals surface area contributed by atoms with Gasteiger partial charge in [-0.15, -0.1) is 0 Å². The molecule has 0 aliphatic heterocycles. The van der Waals surface area contributed by atoms with Crippen LogP contribution in [0, 0.1) is 0 Å². The molecule has 0 rings (SSSR count). The minimum absolute atomic E-state index is 0.0607. The van der Waals surface area contributed by atoms with Crippen LogP contribution in [0.5, 0.6) is 0 Å². The molecule has 0 radical (unpaired) electrons. The highest BCUT2D eigenvalue weighted by atomic mass is 16.4. The van der Waals surface area contributed by atoms with Crippen LogP contribution in [0.25, 0.3) is 0 Å². The Morgan fingerprint density at radius 1 is 0.568 bits per heavy atom. The molecule has 0 spiro atoms. The molecule has 0 aromatic rings. The van der Waals surface area contributed by atoms with E-state index in [0.717, 1.165) is 69.2 Å². The van der Waals surface area contributed by atoms with E-state index in [1.807, 2.05) is 0 Å². The molecule has 0 fully saturated rings. The number of aliphatic carboxylic acids is 3. The summed E-state index contributed by atoms with van der Waals surface area (Å²) in [7, 11) is 0. The van der Waals surface area contributed by atoms with Crippen LogP contribution in [-0.4, -0.2) is 58.8 Å². The third-order valence-corrected chi connectivity index (χ3v) is 7.20. The average Bonchev–Trinajstić information content (AvgIpc) is 2.84. The van der Waals surface area contributed by atoms with Gasteiger partial charge in [0.05, 0.1) is 26.2 Å². The fraction of sp³-hybridized carbons (Fsp3) is 0.833. The van der Waals surface area contributed by atoms with Crippen molar-refractivity contribution in [2.24, 2.45) is 0 Å². The summed E-state index contributed by atoms with van der Waals surface area (Å²) in [4.78, 5) is 32.8. The summed E-state index contributed by atoms with van der Waals surface area (Å²) in [6, 6.07) is 0. The summed E-state index contributed by atoms with van der Waals surface area (Å²) in [5.41, 5.74) is 0. The number of carbonyl (C=O) groups is 3. The van der Waals surface area contributed by atoms with Crippen molar-refractivity contribution in [2.75, 3.05) is 26.2 Å². The van der Waals surface area contributed by atoms with Crippen molar-refractivity contribution >= 4 is 17.9 Å². The molecule has 7 heteroatoms. The lowest BCUT2D eigenvalue weighted by Crippen LogP contribution is -2.51. The second-order valence-electron chi connectivity index (χ2n) is 10.6. The van der Waals surface area contributed by atoms with Crippen molar-refractivity contribution in [1.82, 2.24) is 0 Å². The number of hydrogen-bond acceptors (Lipinski definition) is 4. The molecule has 2 N–H and O–H groups in total. The molecule has 0 aliphatic carbocycles. The van der Waals surface area contributed by atoms with E-state index in [9.17, 15) is 19.5 Å². The van der Waals surface area contributed by atoms with E-state index in [2.05, 4.69) is 19.1 Å². The van der Waals surface area contributed by atoms with Crippen molar-refractivity contribution in [1.29, 1.82) is 0 Å². The van der Waals surface area contributed by atoms with Gasteiger partial charge in [-0.05, 0) is 83.5 Å². The zero-order chi connectivity index (χ0) is 27.6. The van der Waals surface area contributed by atoms with Crippen LogP contribution in [0.2, 0.25) is 0 Å². The summed E-state index contributed by atoms with van der Waals surface area (Å²) in [6.45, 7) is 5.82. The van der Waals surface area contributed by atoms with Crippen LogP contribution < -0.4 is 5.11 Å². The summed E-state index contributed by atoms with van der Waals surface area (Å²) < 4.78 is 0.840. The highest BCUT2D eigenvalue weighted by Crippen LogP contribution is 2.19. The molecule has 216 valence electrons. The zero-order valence-electron chi connectivity index (χ0n) is 23.6. The topological polar surface area (TPSA) is 115 Å². The Morgan fingerprint density at radius 3 is 1.38 bits per heavy atom. The fourth-order valence-electron chi connectivity index (χ4n) is 5.00. The number of hydrogen-bond donors (Lipinski definition) is 2. The van der Waals surface area contributed by atoms with Gasteiger partial charge in [-0.2, -0.15) is 0 Å². The molecule has 0 heterocycles. The first-order valence-electron chi connectivity index (χ1n) is 14.9. The van der Waals surface area contributed by atoms with Crippen molar-refractivity contribution in [3.63, 3.8) is 0 Å². The van der Waals surface area contributed by atoms with Crippen LogP contribution in [0.15, 0.2) is 12.2 Å². The Bertz CT molecular complexity index is 564. The number of carboxylic acids is 3. The van der Waals surface area contributed by atoms with Gasteiger partial charge >= 0.3 is 11.9 Å². The number of carbonyl (C=O) groups excluding carboxylic acids is 1. The molecule has 0 amide bonds. The quantitative estimate of drug-likeness (QED) is 0.0724. The molecule has 0 atom stereocenters. The summed E-state index contributed by atoms with van der Waals surface area (Å²) in [5.74, 6) is -2.58. The Hall–Kier alpha value is -1.89. The van der Waals surface area contributed by atoms with Gasteiger partial charge in [0.1, 0.15) is 0 Å². The molecule has 37 heavy (non-hydrogen) atoms. The van der Waals surface area contributed by atoms with Crippen molar-refractivity contribution < 1.29 is 34.2 Å². The van der Waals surface area contributed by atoms with Crippen molar-refractivity contribution in [3.8, 4) is 0 Å². The highest BCUT2D eigenvalue weighted by molar-refractivity contribution is 5.66. The predicted molar refractivity (Wildman–Crippen MR) is 147 cm³/mol. The second-order valence-corrected chi connectivity index (χ2v) is 10.6. The second kappa shape index (κ2) is 24.4. The van der Waals surface area contributed by atoms with E-state index >= 15 is 0 Å². The minimum atomic E-state index is -1.02. The first-order valence-corrected chi connectivity index (χ1v) is 14.9. The van der Waals surface area contributed by atoms with Gasteiger partial charge < -0.3 is 24.6 Å². The lowest BCUT2D eigenvalue weighted by molar-refractivity contribution is -0.929. The maximum atomic E-state index is 11.0. The molecule has 0 bridgehead atoms. The molecule has 0 unspecified atom stereocenters. The van der Waals surface area contributed by atoms with Gasteiger partial charge in [-0.25, -0.2) is 0 Å². The minimum Gasteiger partial charge on any atom is -0.550 e. The average molecular weight is 526 g/mol. The number of nitrogens with zero attached hydrogens (tertiary/aromatic N) is 1. The SMILES string of the molecule is CCCCCC/C=C/CCCCCCC[N+](CCCCC(=O)[O-])(CCCCC(=O)O)CCCCC(=O)O. The lowest BCUT2D eigenvalue weighted by Gasteiger charge is -2.39. The van der Waals surface area contributed by atoms with Crippen LogP contribution in [0.1, 0.15) is 135 Å². The number of rotatable bonds is 28. The number of carboxylic acid groups (broad SMARTS) is 3. The molecule has 0 aromatic heterocycles. The van der Waals surface area contributed by atoms with Gasteiger partial charge in [0.2, 0.25) is 0 Å². The Morgan fingerprint density at radius 2 is 0.946 bits per heavy atom. The van der Waals surface area contributed by atoms with Crippen molar-refractivity contribution in [2.45, 2.75) is 135 Å². The number of allylic oxidation sites excluding steroid dienone is 2. The first-order chi connectivity index (χ1) is 17.8. The molecule has 0 saturated carbocycles. The first kappa shape index (κ1) is 35.1. The van der Waals surface area contributed by atoms with Crippen LogP contribution in [0.4, 0.5) is 0 Å². The fourth-order valence-corrected chi connectivity index (χ4v) is 5.00. The van der Waals surface area contributed by atoms with E-state index in [-0.39, 0.29) is 19.3 Å². The van der Waals surface area contributed by atoms with Crippen LogP contribution in [-0.2, 0) is 14.4 Å². The maximum absolute atomic E-state index is 11.0. The lowest BCUT2D eigenvalue weighted by atomic mass is 10.1. The largest absolute Gasteiger partial charge is 0.550 e. The summed E-state index contributed by atoms with van der Waals surface area (Å²) >= 11 is 0. The third kappa shape index (κ3) is 24.2. The Kier molecular flexibility index (Phi) is 23.2. The molecule has 0 aromatic carbocycles. The van der Waals surface area contributed by atoms with Crippen LogP contribution >= 0.6 is 0 Å². The summed E-state index contributed by atoms with van der Waals surface area (Å²) in [6.07, 6.45) is 22.8. The Labute approximate surface area is 225 Å². The zero-order valence-corrected chi connectivity index (χ0v) is 23.6. The molecular formula is C30H55NO6. The third-order valence-electron chi connectivity index (χ3n) is 7.20. The van der Waals surface area contributed by atoms with Gasteiger partial charge in [0.25, 0.3) is 0 Å². The van der Waals surface area contributed by atoms with E-state index in [4.69, 9.17) is 10.2 Å².